The zero-order valence-electron chi connectivity index (χ0n) is 16.2. The van der Waals surface area contributed by atoms with Gasteiger partial charge < -0.3 is 10.2 Å². The minimum atomic E-state index is -0.361. The van der Waals surface area contributed by atoms with Gasteiger partial charge in [-0.15, -0.1) is 11.3 Å². The van der Waals surface area contributed by atoms with E-state index in [9.17, 15) is 9.59 Å². The Morgan fingerprint density at radius 1 is 1.25 bits per heavy atom. The van der Waals surface area contributed by atoms with Gasteiger partial charge in [0.1, 0.15) is 0 Å². The summed E-state index contributed by atoms with van der Waals surface area (Å²) in [5, 5.41) is 4.03. The summed E-state index contributed by atoms with van der Waals surface area (Å²) in [4.78, 5) is 31.6. The van der Waals surface area contributed by atoms with Gasteiger partial charge in [-0.2, -0.15) is 0 Å². The number of nitrogens with one attached hydrogen (secondary N) is 1. The van der Waals surface area contributed by atoms with Crippen molar-refractivity contribution in [3.63, 3.8) is 0 Å². The molecule has 2 aromatic carbocycles. The summed E-state index contributed by atoms with van der Waals surface area (Å²) in [6.07, 6.45) is 0.226. The Kier molecular flexibility index (Phi) is 4.89. The Labute approximate surface area is 168 Å². The van der Waals surface area contributed by atoms with E-state index in [0.29, 0.717) is 12.5 Å². The monoisotopic (exact) mass is 393 g/mol. The first-order valence-corrected chi connectivity index (χ1v) is 10.3. The molecule has 0 radical (unpaired) electrons. The van der Waals surface area contributed by atoms with E-state index in [-0.39, 0.29) is 24.2 Å². The topological polar surface area (TPSA) is 62.3 Å². The number of hydrogen-bond donors (Lipinski definition) is 1. The van der Waals surface area contributed by atoms with Crippen LogP contribution in [0.5, 0.6) is 0 Å². The van der Waals surface area contributed by atoms with Crippen molar-refractivity contribution in [1.82, 2.24) is 4.98 Å². The molecule has 1 fully saturated rings. The lowest BCUT2D eigenvalue weighted by molar-refractivity contribution is -0.122. The van der Waals surface area contributed by atoms with E-state index < -0.39 is 0 Å². The highest BCUT2D eigenvalue weighted by atomic mass is 32.1. The van der Waals surface area contributed by atoms with Crippen LogP contribution >= 0.6 is 11.3 Å². The van der Waals surface area contributed by atoms with Crippen molar-refractivity contribution in [1.29, 1.82) is 0 Å². The minimum Gasteiger partial charge on any atom is -0.326 e. The summed E-state index contributed by atoms with van der Waals surface area (Å²) in [6, 6.07) is 13.7. The van der Waals surface area contributed by atoms with Gasteiger partial charge >= 0.3 is 0 Å². The molecule has 1 saturated heterocycles. The molecule has 1 aromatic heterocycles. The Morgan fingerprint density at radius 2 is 2.04 bits per heavy atom. The molecule has 28 heavy (non-hydrogen) atoms. The fraction of sp³-hybridized carbons (Fsp3) is 0.318. The van der Waals surface area contributed by atoms with Crippen LogP contribution in [0.1, 0.15) is 36.8 Å². The van der Waals surface area contributed by atoms with Crippen LogP contribution in [0.15, 0.2) is 42.5 Å². The standard InChI is InChI=1S/C22H23N3O2S/c1-13(2)17-6-4-5-7-18(17)24-22(27)15-10-21(26)25(12-15)16-8-9-20-19(11-16)23-14(3)28-20/h4-9,11,13,15H,10,12H2,1-3H3,(H,24,27). The summed E-state index contributed by atoms with van der Waals surface area (Å²) in [6.45, 7) is 6.56. The van der Waals surface area contributed by atoms with Crippen LogP contribution in [0.2, 0.25) is 0 Å². The maximum absolute atomic E-state index is 12.8. The van der Waals surface area contributed by atoms with Crippen LogP contribution in [-0.4, -0.2) is 23.3 Å². The molecule has 3 aromatic rings. The van der Waals surface area contributed by atoms with Gasteiger partial charge in [0.2, 0.25) is 11.8 Å². The third-order valence-electron chi connectivity index (χ3n) is 5.13. The lowest BCUT2D eigenvalue weighted by Gasteiger charge is -2.18. The number of benzene rings is 2. The first-order valence-electron chi connectivity index (χ1n) is 9.49. The highest BCUT2D eigenvalue weighted by molar-refractivity contribution is 7.18. The van der Waals surface area contributed by atoms with Gasteiger partial charge in [-0.05, 0) is 42.7 Å². The molecule has 6 heteroatoms. The largest absolute Gasteiger partial charge is 0.326 e. The van der Waals surface area contributed by atoms with Gasteiger partial charge in [-0.1, -0.05) is 32.0 Å². The molecule has 0 bridgehead atoms. The van der Waals surface area contributed by atoms with Gasteiger partial charge in [-0.25, -0.2) is 4.98 Å². The Hall–Kier alpha value is -2.73. The highest BCUT2D eigenvalue weighted by Gasteiger charge is 2.35. The number of aromatic nitrogens is 1. The van der Waals surface area contributed by atoms with Crippen LogP contribution in [0.4, 0.5) is 11.4 Å². The van der Waals surface area contributed by atoms with Crippen molar-refractivity contribution in [2.75, 3.05) is 16.8 Å². The van der Waals surface area contributed by atoms with E-state index in [0.717, 1.165) is 32.2 Å². The second-order valence-corrected chi connectivity index (χ2v) is 8.76. The lowest BCUT2D eigenvalue weighted by atomic mass is 10.0. The second-order valence-electron chi connectivity index (χ2n) is 7.52. The van der Waals surface area contributed by atoms with E-state index in [1.165, 1.54) is 0 Å². The number of thiazole rings is 1. The van der Waals surface area contributed by atoms with E-state index >= 15 is 0 Å². The normalized spacial score (nSPS) is 16.9. The molecule has 0 spiro atoms. The van der Waals surface area contributed by atoms with Crippen LogP contribution in [0.25, 0.3) is 10.2 Å². The Bertz CT molecular complexity index is 1060. The second kappa shape index (κ2) is 7.36. The van der Waals surface area contributed by atoms with Crippen LogP contribution in [0.3, 0.4) is 0 Å². The average Bonchev–Trinajstić information content (AvgIpc) is 3.23. The number of carbonyl (C=O) groups is 2. The van der Waals surface area contributed by atoms with E-state index in [1.54, 1.807) is 16.2 Å². The van der Waals surface area contributed by atoms with E-state index in [2.05, 4.69) is 24.1 Å². The van der Waals surface area contributed by atoms with Gasteiger partial charge in [0, 0.05) is 24.3 Å². The van der Waals surface area contributed by atoms with E-state index in [4.69, 9.17) is 0 Å². The third kappa shape index (κ3) is 3.52. The maximum atomic E-state index is 12.8. The zero-order chi connectivity index (χ0) is 19.8. The van der Waals surface area contributed by atoms with Crippen molar-refractivity contribution >= 4 is 44.7 Å². The number of rotatable bonds is 4. The third-order valence-corrected chi connectivity index (χ3v) is 6.08. The summed E-state index contributed by atoms with van der Waals surface area (Å²) < 4.78 is 1.10. The SMILES string of the molecule is Cc1nc2cc(N3CC(C(=O)Nc4ccccc4C(C)C)CC3=O)ccc2s1. The molecule has 1 unspecified atom stereocenters. The Morgan fingerprint density at radius 3 is 2.82 bits per heavy atom. The first-order chi connectivity index (χ1) is 13.4. The Balaban J connectivity index is 1.51. The van der Waals surface area contributed by atoms with Crippen LogP contribution in [0, 0.1) is 12.8 Å². The van der Waals surface area contributed by atoms with Crippen molar-refractivity contribution in [2.45, 2.75) is 33.1 Å². The smallest absolute Gasteiger partial charge is 0.229 e. The fourth-order valence-corrected chi connectivity index (χ4v) is 4.49. The molecule has 2 amide bonds. The zero-order valence-corrected chi connectivity index (χ0v) is 17.0. The molecule has 0 aliphatic carbocycles. The summed E-state index contributed by atoms with van der Waals surface area (Å²) in [7, 11) is 0. The molecule has 5 nitrogen and oxygen atoms in total. The van der Waals surface area contributed by atoms with Crippen molar-refractivity contribution in [3.05, 3.63) is 53.0 Å². The fourth-order valence-electron chi connectivity index (χ4n) is 3.68. The number of anilines is 2. The molecule has 1 aliphatic rings. The quantitative estimate of drug-likeness (QED) is 0.698. The van der Waals surface area contributed by atoms with E-state index in [1.807, 2.05) is 49.4 Å². The van der Waals surface area contributed by atoms with Gasteiger partial charge in [0.25, 0.3) is 0 Å². The van der Waals surface area contributed by atoms with Gasteiger partial charge in [-0.3, -0.25) is 9.59 Å². The van der Waals surface area contributed by atoms with Crippen molar-refractivity contribution in [3.8, 4) is 0 Å². The highest BCUT2D eigenvalue weighted by Crippen LogP contribution is 2.31. The molecule has 1 N–H and O–H groups in total. The van der Waals surface area contributed by atoms with Crippen LogP contribution in [-0.2, 0) is 9.59 Å². The van der Waals surface area contributed by atoms with Crippen LogP contribution < -0.4 is 10.2 Å². The number of amides is 2. The number of para-hydroxylation sites is 1. The predicted molar refractivity (Wildman–Crippen MR) is 114 cm³/mol. The van der Waals surface area contributed by atoms with Crippen molar-refractivity contribution < 1.29 is 9.59 Å². The first kappa shape index (κ1) is 18.6. The number of fused-ring (bicyclic) bond motifs is 1. The van der Waals surface area contributed by atoms with Crippen molar-refractivity contribution in [2.24, 2.45) is 5.92 Å². The molecule has 2 heterocycles. The molecule has 144 valence electrons. The summed E-state index contributed by atoms with van der Waals surface area (Å²) in [5.74, 6) is -0.176. The number of aryl methyl sites for hydroxylation is 1. The molecule has 0 saturated carbocycles. The lowest BCUT2D eigenvalue weighted by Crippen LogP contribution is -2.28. The maximum Gasteiger partial charge on any atom is 0.229 e. The predicted octanol–water partition coefficient (Wildman–Crippen LogP) is 4.72. The summed E-state index contributed by atoms with van der Waals surface area (Å²) in [5.41, 5.74) is 3.63. The van der Waals surface area contributed by atoms with Gasteiger partial charge in [0.05, 0.1) is 21.1 Å². The summed E-state index contributed by atoms with van der Waals surface area (Å²) >= 11 is 1.64. The molecule has 4 rings (SSSR count). The molecular weight excluding hydrogens is 370 g/mol. The number of nitrogens with zero attached hydrogens (tertiary/aromatic N) is 2. The number of hydrogen-bond acceptors (Lipinski definition) is 4. The number of carbonyl (C=O) groups excluding carboxylic acids is 2. The molecular formula is C22H23N3O2S. The molecule has 1 aliphatic heterocycles. The average molecular weight is 394 g/mol. The molecule has 1 atom stereocenters. The minimum absolute atomic E-state index is 0.0244. The van der Waals surface area contributed by atoms with Gasteiger partial charge in [0.15, 0.2) is 0 Å².